The van der Waals surface area contributed by atoms with Gasteiger partial charge in [0.1, 0.15) is 22.9 Å². The van der Waals surface area contributed by atoms with Gasteiger partial charge in [0.15, 0.2) is 0 Å². The predicted octanol–water partition coefficient (Wildman–Crippen LogP) is 4.49. The first kappa shape index (κ1) is 19.9. The Balaban J connectivity index is 1.64. The fourth-order valence-electron chi connectivity index (χ4n) is 4.01. The number of rotatable bonds is 6. The molecule has 0 aliphatic carbocycles. The summed E-state index contributed by atoms with van der Waals surface area (Å²) in [5, 5.41) is 4.91. The van der Waals surface area contributed by atoms with E-state index < -0.39 is 0 Å². The van der Waals surface area contributed by atoms with Crippen molar-refractivity contribution in [1.82, 2.24) is 14.4 Å². The van der Waals surface area contributed by atoms with Gasteiger partial charge in [-0.15, -0.1) is 0 Å². The van der Waals surface area contributed by atoms with Gasteiger partial charge in [0, 0.05) is 30.3 Å². The molecule has 1 aliphatic rings. The summed E-state index contributed by atoms with van der Waals surface area (Å²) in [6.45, 7) is 3.93. The van der Waals surface area contributed by atoms with E-state index in [1.54, 1.807) is 12.3 Å². The third-order valence-electron chi connectivity index (χ3n) is 5.49. The Morgan fingerprint density at radius 2 is 2.23 bits per heavy atom. The summed E-state index contributed by atoms with van der Waals surface area (Å²) in [6, 6.07) is 11.1. The van der Waals surface area contributed by atoms with Crippen molar-refractivity contribution < 1.29 is 9.47 Å². The highest BCUT2D eigenvalue weighted by Gasteiger charge is 2.21. The van der Waals surface area contributed by atoms with E-state index in [0.717, 1.165) is 41.9 Å². The van der Waals surface area contributed by atoms with Gasteiger partial charge in [0.25, 0.3) is 5.56 Å². The average molecular weight is 439 g/mol. The molecule has 1 atom stereocenters. The Hall–Kier alpha value is -3.03. The van der Waals surface area contributed by atoms with Crippen molar-refractivity contribution in [2.75, 3.05) is 25.1 Å². The summed E-state index contributed by atoms with van der Waals surface area (Å²) >= 11 is 6.25. The Morgan fingerprint density at radius 1 is 1.32 bits per heavy atom. The standard InChI is InChI=1S/C23H23ClN4O3/c1-2-30-16-6-7-19-14(10-16)11-18(23(29)26-19)21-22(25-12-17-4-3-9-31-17)28-13-15(24)5-8-20(28)27-21/h5-8,10-11,13,17,25H,2-4,9,12H2,1H3,(H,26,29)/t17-/m0/s1. The number of H-pyrrole nitrogens is 1. The molecule has 0 amide bonds. The first-order valence-electron chi connectivity index (χ1n) is 10.5. The minimum atomic E-state index is -0.202. The van der Waals surface area contributed by atoms with Gasteiger partial charge >= 0.3 is 0 Å². The molecule has 0 bridgehead atoms. The number of imidazole rings is 1. The molecule has 0 unspecified atom stereocenters. The van der Waals surface area contributed by atoms with Crippen LogP contribution in [0, 0.1) is 0 Å². The highest BCUT2D eigenvalue weighted by Crippen LogP contribution is 2.30. The molecule has 0 radical (unpaired) electrons. The van der Waals surface area contributed by atoms with Gasteiger partial charge in [-0.05, 0) is 56.2 Å². The Bertz CT molecular complexity index is 1310. The highest BCUT2D eigenvalue weighted by atomic mass is 35.5. The van der Waals surface area contributed by atoms with Crippen molar-refractivity contribution in [2.24, 2.45) is 0 Å². The van der Waals surface area contributed by atoms with Crippen LogP contribution in [0.2, 0.25) is 5.02 Å². The van der Waals surface area contributed by atoms with E-state index in [-0.39, 0.29) is 11.7 Å². The topological polar surface area (TPSA) is 80.7 Å². The first-order chi connectivity index (χ1) is 15.1. The zero-order valence-electron chi connectivity index (χ0n) is 17.2. The van der Waals surface area contributed by atoms with Crippen LogP contribution in [0.1, 0.15) is 19.8 Å². The van der Waals surface area contributed by atoms with Crippen LogP contribution in [-0.4, -0.2) is 40.2 Å². The monoisotopic (exact) mass is 438 g/mol. The summed E-state index contributed by atoms with van der Waals surface area (Å²) in [6.07, 6.45) is 4.01. The molecule has 7 nitrogen and oxygen atoms in total. The Kier molecular flexibility index (Phi) is 5.29. The number of benzene rings is 1. The molecule has 1 aromatic carbocycles. The second-order valence-electron chi connectivity index (χ2n) is 7.59. The lowest BCUT2D eigenvalue weighted by molar-refractivity contribution is 0.120. The minimum Gasteiger partial charge on any atom is -0.494 e. The predicted molar refractivity (Wildman–Crippen MR) is 122 cm³/mol. The summed E-state index contributed by atoms with van der Waals surface area (Å²) in [5.74, 6) is 1.48. The number of nitrogens with zero attached hydrogens (tertiary/aromatic N) is 2. The van der Waals surface area contributed by atoms with Crippen molar-refractivity contribution in [3.63, 3.8) is 0 Å². The van der Waals surface area contributed by atoms with Crippen LogP contribution in [0.3, 0.4) is 0 Å². The number of nitrogens with one attached hydrogen (secondary N) is 2. The maximum Gasteiger partial charge on any atom is 0.258 e. The van der Waals surface area contributed by atoms with Gasteiger partial charge in [-0.2, -0.15) is 0 Å². The number of aromatic nitrogens is 3. The van der Waals surface area contributed by atoms with Crippen LogP contribution in [0.5, 0.6) is 5.75 Å². The van der Waals surface area contributed by atoms with Gasteiger partial charge in [-0.25, -0.2) is 4.98 Å². The average Bonchev–Trinajstić information content (AvgIpc) is 3.40. The van der Waals surface area contributed by atoms with Crippen molar-refractivity contribution in [3.05, 3.63) is 58.0 Å². The minimum absolute atomic E-state index is 0.140. The van der Waals surface area contributed by atoms with E-state index in [9.17, 15) is 4.79 Å². The molecule has 8 heteroatoms. The smallest absolute Gasteiger partial charge is 0.258 e. The van der Waals surface area contributed by atoms with Gasteiger partial charge in [0.05, 0.1) is 23.3 Å². The van der Waals surface area contributed by atoms with Gasteiger partial charge < -0.3 is 19.8 Å². The van der Waals surface area contributed by atoms with Crippen molar-refractivity contribution in [3.8, 4) is 17.0 Å². The molecule has 4 heterocycles. The zero-order valence-corrected chi connectivity index (χ0v) is 17.9. The molecule has 160 valence electrons. The molecule has 5 rings (SSSR count). The van der Waals surface area contributed by atoms with Crippen LogP contribution in [0.4, 0.5) is 5.82 Å². The molecular formula is C23H23ClN4O3. The van der Waals surface area contributed by atoms with E-state index in [2.05, 4.69) is 10.3 Å². The number of pyridine rings is 2. The quantitative estimate of drug-likeness (QED) is 0.463. The normalized spacial score (nSPS) is 16.3. The molecule has 2 N–H and O–H groups in total. The maximum atomic E-state index is 13.0. The van der Waals surface area contributed by atoms with Gasteiger partial charge in [0.2, 0.25) is 0 Å². The molecule has 1 fully saturated rings. The van der Waals surface area contributed by atoms with Crippen LogP contribution >= 0.6 is 11.6 Å². The molecule has 3 aromatic heterocycles. The number of halogens is 1. The second-order valence-corrected chi connectivity index (χ2v) is 8.03. The Labute approximate surface area is 184 Å². The van der Waals surface area contributed by atoms with Crippen molar-refractivity contribution in [2.45, 2.75) is 25.9 Å². The highest BCUT2D eigenvalue weighted by molar-refractivity contribution is 6.30. The van der Waals surface area contributed by atoms with E-state index in [1.807, 2.05) is 41.7 Å². The number of aromatic amines is 1. The van der Waals surface area contributed by atoms with Crippen LogP contribution < -0.4 is 15.6 Å². The number of fused-ring (bicyclic) bond motifs is 2. The maximum absolute atomic E-state index is 13.0. The van der Waals surface area contributed by atoms with Gasteiger partial charge in [-0.3, -0.25) is 9.20 Å². The van der Waals surface area contributed by atoms with E-state index >= 15 is 0 Å². The van der Waals surface area contributed by atoms with Gasteiger partial charge in [-0.1, -0.05) is 11.6 Å². The van der Waals surface area contributed by atoms with Crippen molar-refractivity contribution >= 4 is 34.0 Å². The fraction of sp³-hybridized carbons (Fsp3) is 0.304. The SMILES string of the molecule is CCOc1ccc2[nH]c(=O)c(-c3nc4ccc(Cl)cn4c3NC[C@@H]3CCCO3)cc2c1. The molecule has 1 saturated heterocycles. The molecule has 0 spiro atoms. The van der Waals surface area contributed by atoms with E-state index in [1.165, 1.54) is 0 Å². The number of hydrogen-bond acceptors (Lipinski definition) is 5. The van der Waals surface area contributed by atoms with E-state index in [0.29, 0.717) is 35.1 Å². The molecular weight excluding hydrogens is 416 g/mol. The lowest BCUT2D eigenvalue weighted by Crippen LogP contribution is -2.20. The third kappa shape index (κ3) is 3.86. The molecule has 31 heavy (non-hydrogen) atoms. The molecule has 1 aliphatic heterocycles. The lowest BCUT2D eigenvalue weighted by atomic mass is 10.1. The number of anilines is 1. The number of hydrogen-bond donors (Lipinski definition) is 2. The van der Waals surface area contributed by atoms with Crippen molar-refractivity contribution in [1.29, 1.82) is 0 Å². The lowest BCUT2D eigenvalue weighted by Gasteiger charge is -2.13. The zero-order chi connectivity index (χ0) is 21.4. The van der Waals surface area contributed by atoms with Crippen LogP contribution in [-0.2, 0) is 4.74 Å². The largest absolute Gasteiger partial charge is 0.494 e. The fourth-order valence-corrected chi connectivity index (χ4v) is 4.17. The first-order valence-corrected chi connectivity index (χ1v) is 10.8. The van der Waals surface area contributed by atoms with E-state index in [4.69, 9.17) is 26.1 Å². The Morgan fingerprint density at radius 3 is 3.03 bits per heavy atom. The summed E-state index contributed by atoms with van der Waals surface area (Å²) in [5.41, 5.74) is 2.31. The second kappa shape index (κ2) is 8.24. The van der Waals surface area contributed by atoms with Crippen LogP contribution in [0.15, 0.2) is 47.4 Å². The third-order valence-corrected chi connectivity index (χ3v) is 5.71. The summed E-state index contributed by atoms with van der Waals surface area (Å²) < 4.78 is 13.2. The summed E-state index contributed by atoms with van der Waals surface area (Å²) in [7, 11) is 0. The summed E-state index contributed by atoms with van der Waals surface area (Å²) in [4.78, 5) is 20.7. The molecule has 0 saturated carbocycles. The number of ether oxygens (including phenoxy) is 2. The molecule has 4 aromatic rings. The van der Waals surface area contributed by atoms with Crippen LogP contribution in [0.25, 0.3) is 27.8 Å².